The molecule has 0 aliphatic carbocycles. The molecule has 0 spiro atoms. The maximum absolute atomic E-state index is 12.9. The van der Waals surface area contributed by atoms with E-state index in [4.69, 9.17) is 9.47 Å². The van der Waals surface area contributed by atoms with Crippen molar-refractivity contribution in [2.24, 2.45) is 5.10 Å². The molecule has 0 aliphatic rings. The van der Waals surface area contributed by atoms with Crippen LogP contribution in [0.5, 0.6) is 5.75 Å². The minimum Gasteiger partial charge on any atom is -0.488 e. The molecular weight excluding hydrogens is 472 g/mol. The molecule has 4 aromatic rings. The summed E-state index contributed by atoms with van der Waals surface area (Å²) in [6, 6.07) is 21.1. The van der Waals surface area contributed by atoms with E-state index in [1.807, 2.05) is 19.1 Å². The predicted octanol–water partition coefficient (Wildman–Crippen LogP) is 3.94. The molecular formula is C28H26N4O5. The molecule has 1 amide bonds. The zero-order valence-electron chi connectivity index (χ0n) is 20.5. The number of benzene rings is 3. The van der Waals surface area contributed by atoms with E-state index < -0.39 is 11.9 Å². The van der Waals surface area contributed by atoms with E-state index in [1.54, 1.807) is 60.7 Å². The predicted molar refractivity (Wildman–Crippen MR) is 140 cm³/mol. The number of aryl methyl sites for hydroxylation is 1. The molecule has 0 saturated carbocycles. The first-order valence-corrected chi connectivity index (χ1v) is 11.7. The normalized spacial score (nSPS) is 11.0. The van der Waals surface area contributed by atoms with Crippen LogP contribution in [0.4, 0.5) is 0 Å². The van der Waals surface area contributed by atoms with Crippen LogP contribution in [0.3, 0.4) is 0 Å². The number of methoxy groups -OCH3 is 1. The standard InChI is InChI=1S/C28H26N4O5/c1-3-16-32-27(34)23-10-6-5-9-22(23)25(31-32)26(33)30-29-17-21-8-4-7-11-24(21)37-18-19-12-14-20(15-13-19)28(35)36-2/h4-15,17H,3,16,18H2,1-2H3,(H,30,33)/b29-17+. The van der Waals surface area contributed by atoms with Crippen LogP contribution in [-0.4, -0.2) is 35.0 Å². The summed E-state index contributed by atoms with van der Waals surface area (Å²) in [6.07, 6.45) is 2.19. The Morgan fingerprint density at radius 1 is 1.00 bits per heavy atom. The Bertz CT molecular complexity index is 1510. The van der Waals surface area contributed by atoms with Crippen LogP contribution in [0.2, 0.25) is 0 Å². The highest BCUT2D eigenvalue weighted by atomic mass is 16.5. The highest BCUT2D eigenvalue weighted by Crippen LogP contribution is 2.18. The van der Waals surface area contributed by atoms with Crippen LogP contribution >= 0.6 is 0 Å². The molecule has 0 unspecified atom stereocenters. The number of hydrazone groups is 1. The number of hydrogen-bond acceptors (Lipinski definition) is 7. The molecule has 1 aromatic heterocycles. The molecule has 1 N–H and O–H groups in total. The van der Waals surface area contributed by atoms with Gasteiger partial charge in [-0.25, -0.2) is 14.9 Å². The third kappa shape index (κ3) is 5.90. The van der Waals surface area contributed by atoms with Crippen LogP contribution in [0.1, 0.15) is 45.3 Å². The minimum atomic E-state index is -0.526. The fourth-order valence-electron chi connectivity index (χ4n) is 3.71. The number of amides is 1. The minimum absolute atomic E-state index is 0.126. The lowest BCUT2D eigenvalue weighted by atomic mass is 10.1. The number of nitrogens with zero attached hydrogens (tertiary/aromatic N) is 3. The van der Waals surface area contributed by atoms with Gasteiger partial charge >= 0.3 is 5.97 Å². The number of ether oxygens (including phenoxy) is 2. The summed E-state index contributed by atoms with van der Waals surface area (Å²) in [7, 11) is 1.34. The third-order valence-corrected chi connectivity index (χ3v) is 5.58. The molecule has 0 radical (unpaired) electrons. The van der Waals surface area contributed by atoms with E-state index in [0.717, 1.165) is 5.56 Å². The Labute approximate surface area is 213 Å². The number of nitrogens with one attached hydrogen (secondary N) is 1. The molecule has 0 bridgehead atoms. The number of hydrogen-bond donors (Lipinski definition) is 1. The second kappa shape index (κ2) is 11.8. The maximum atomic E-state index is 12.9. The average Bonchev–Trinajstić information content (AvgIpc) is 2.94. The molecule has 3 aromatic carbocycles. The summed E-state index contributed by atoms with van der Waals surface area (Å²) < 4.78 is 12.0. The van der Waals surface area contributed by atoms with Gasteiger partial charge in [0.25, 0.3) is 11.5 Å². The van der Waals surface area contributed by atoms with Crippen LogP contribution in [0.25, 0.3) is 10.8 Å². The largest absolute Gasteiger partial charge is 0.488 e. The van der Waals surface area contributed by atoms with Gasteiger partial charge in [0.1, 0.15) is 12.4 Å². The van der Waals surface area contributed by atoms with Gasteiger partial charge in [0.05, 0.1) is 24.3 Å². The molecule has 0 atom stereocenters. The molecule has 188 valence electrons. The summed E-state index contributed by atoms with van der Waals surface area (Å²) in [5, 5.41) is 9.28. The van der Waals surface area contributed by atoms with Crippen molar-refractivity contribution in [3.8, 4) is 5.75 Å². The van der Waals surface area contributed by atoms with Crippen LogP contribution in [-0.2, 0) is 17.9 Å². The molecule has 0 fully saturated rings. The van der Waals surface area contributed by atoms with Crippen molar-refractivity contribution in [1.29, 1.82) is 0 Å². The zero-order valence-corrected chi connectivity index (χ0v) is 20.5. The van der Waals surface area contributed by atoms with E-state index in [9.17, 15) is 14.4 Å². The van der Waals surface area contributed by atoms with Gasteiger partial charge in [0.15, 0.2) is 5.69 Å². The Morgan fingerprint density at radius 3 is 2.43 bits per heavy atom. The SMILES string of the molecule is CCCn1nc(C(=O)N/N=C/c2ccccc2OCc2ccc(C(=O)OC)cc2)c2ccccc2c1=O. The summed E-state index contributed by atoms with van der Waals surface area (Å²) in [5.74, 6) is -0.359. The second-order valence-corrected chi connectivity index (χ2v) is 8.14. The first-order chi connectivity index (χ1) is 18.0. The number of aromatic nitrogens is 2. The first kappa shape index (κ1) is 25.3. The van der Waals surface area contributed by atoms with E-state index in [0.29, 0.717) is 40.6 Å². The monoisotopic (exact) mass is 498 g/mol. The van der Waals surface area contributed by atoms with Crippen molar-refractivity contribution in [1.82, 2.24) is 15.2 Å². The highest BCUT2D eigenvalue weighted by molar-refractivity contribution is 6.05. The highest BCUT2D eigenvalue weighted by Gasteiger charge is 2.16. The number of fused-ring (bicyclic) bond motifs is 1. The van der Waals surface area contributed by atoms with E-state index in [1.165, 1.54) is 18.0 Å². The molecule has 37 heavy (non-hydrogen) atoms. The van der Waals surface area contributed by atoms with Crippen LogP contribution in [0.15, 0.2) is 82.7 Å². The van der Waals surface area contributed by atoms with Gasteiger partial charge in [-0.15, -0.1) is 0 Å². The fourth-order valence-corrected chi connectivity index (χ4v) is 3.71. The van der Waals surface area contributed by atoms with Crippen LogP contribution in [0, 0.1) is 0 Å². The second-order valence-electron chi connectivity index (χ2n) is 8.14. The molecule has 1 heterocycles. The third-order valence-electron chi connectivity index (χ3n) is 5.58. The number of carbonyl (C=O) groups excluding carboxylic acids is 2. The van der Waals surface area contributed by atoms with Gasteiger partial charge in [-0.1, -0.05) is 49.4 Å². The number of carbonyl (C=O) groups is 2. The Kier molecular flexibility index (Phi) is 8.05. The lowest BCUT2D eigenvalue weighted by Gasteiger charge is -2.10. The summed E-state index contributed by atoms with van der Waals surface area (Å²) in [4.78, 5) is 37.2. The molecule has 9 nitrogen and oxygen atoms in total. The Morgan fingerprint density at radius 2 is 1.70 bits per heavy atom. The van der Waals surface area contributed by atoms with Gasteiger partial charge in [0, 0.05) is 17.5 Å². The van der Waals surface area contributed by atoms with Gasteiger partial charge in [-0.3, -0.25) is 9.59 Å². The zero-order chi connectivity index (χ0) is 26.2. The van der Waals surface area contributed by atoms with E-state index in [2.05, 4.69) is 15.6 Å². The van der Waals surface area contributed by atoms with Gasteiger partial charge < -0.3 is 9.47 Å². The number of rotatable bonds is 9. The average molecular weight is 499 g/mol. The van der Waals surface area contributed by atoms with Crippen LogP contribution < -0.4 is 15.7 Å². The van der Waals surface area contributed by atoms with Crippen molar-refractivity contribution >= 4 is 28.9 Å². The smallest absolute Gasteiger partial charge is 0.337 e. The number of para-hydroxylation sites is 1. The van der Waals surface area contributed by atoms with Crippen molar-refractivity contribution < 1.29 is 19.1 Å². The van der Waals surface area contributed by atoms with Crippen molar-refractivity contribution in [3.05, 3.63) is 106 Å². The lowest BCUT2D eigenvalue weighted by molar-refractivity contribution is 0.0600. The summed E-state index contributed by atoms with van der Waals surface area (Å²) in [6.45, 7) is 2.61. The molecule has 4 rings (SSSR count). The number of esters is 1. The van der Waals surface area contributed by atoms with Crippen molar-refractivity contribution in [3.63, 3.8) is 0 Å². The van der Waals surface area contributed by atoms with Crippen molar-refractivity contribution in [2.45, 2.75) is 26.5 Å². The topological polar surface area (TPSA) is 112 Å². The van der Waals surface area contributed by atoms with E-state index >= 15 is 0 Å². The Hall–Kier alpha value is -4.79. The van der Waals surface area contributed by atoms with Crippen molar-refractivity contribution in [2.75, 3.05) is 7.11 Å². The van der Waals surface area contributed by atoms with Gasteiger partial charge in [0.2, 0.25) is 0 Å². The molecule has 0 saturated heterocycles. The maximum Gasteiger partial charge on any atom is 0.337 e. The summed E-state index contributed by atoms with van der Waals surface area (Å²) >= 11 is 0. The molecule has 9 heteroatoms. The van der Waals surface area contributed by atoms with E-state index in [-0.39, 0.29) is 17.9 Å². The lowest BCUT2D eigenvalue weighted by Crippen LogP contribution is -2.29. The van der Waals surface area contributed by atoms with Gasteiger partial charge in [-0.2, -0.15) is 10.2 Å². The van der Waals surface area contributed by atoms with Gasteiger partial charge in [-0.05, 0) is 42.3 Å². The quantitative estimate of drug-likeness (QED) is 0.213. The fraction of sp³-hybridized carbons (Fsp3) is 0.179. The summed E-state index contributed by atoms with van der Waals surface area (Å²) in [5.41, 5.74) is 4.38. The Balaban J connectivity index is 1.48. The first-order valence-electron chi connectivity index (χ1n) is 11.7. The molecule has 0 aliphatic heterocycles.